The highest BCUT2D eigenvalue weighted by Gasteiger charge is 2.35. The van der Waals surface area contributed by atoms with Gasteiger partial charge in [0.2, 0.25) is 0 Å². The van der Waals surface area contributed by atoms with Gasteiger partial charge in [-0.25, -0.2) is 0 Å². The van der Waals surface area contributed by atoms with Gasteiger partial charge in [0.1, 0.15) is 0 Å². The molecule has 2 saturated heterocycles. The Morgan fingerprint density at radius 3 is 2.75 bits per heavy atom. The fourth-order valence-electron chi connectivity index (χ4n) is 3.00. The first-order valence-corrected chi connectivity index (χ1v) is 7.70. The van der Waals surface area contributed by atoms with Gasteiger partial charge in [0.25, 0.3) is 0 Å². The topological polar surface area (TPSA) is 15.3 Å². The van der Waals surface area contributed by atoms with Crippen molar-refractivity contribution in [2.75, 3.05) is 24.6 Å². The molecule has 0 spiro atoms. The molecule has 0 aromatic rings. The van der Waals surface area contributed by atoms with Crippen LogP contribution in [0.25, 0.3) is 0 Å². The summed E-state index contributed by atoms with van der Waals surface area (Å²) in [7, 11) is 0. The molecule has 0 aromatic heterocycles. The van der Waals surface area contributed by atoms with E-state index in [0.717, 1.165) is 12.6 Å². The average molecular weight is 242 g/mol. The third kappa shape index (κ3) is 2.93. The van der Waals surface area contributed by atoms with Gasteiger partial charge in [0.15, 0.2) is 0 Å². The van der Waals surface area contributed by atoms with Gasteiger partial charge in [-0.1, -0.05) is 13.8 Å². The molecule has 3 unspecified atom stereocenters. The second-order valence-electron chi connectivity index (χ2n) is 6.39. The van der Waals surface area contributed by atoms with E-state index in [2.05, 4.69) is 49.7 Å². The Morgan fingerprint density at radius 1 is 1.31 bits per heavy atom. The molecule has 2 aliphatic heterocycles. The van der Waals surface area contributed by atoms with E-state index in [1.807, 2.05) is 0 Å². The Balaban J connectivity index is 1.99. The average Bonchev–Trinajstić information content (AvgIpc) is 2.20. The Morgan fingerprint density at radius 2 is 2.06 bits per heavy atom. The van der Waals surface area contributed by atoms with Crippen LogP contribution in [0.15, 0.2) is 0 Å². The lowest BCUT2D eigenvalue weighted by molar-refractivity contribution is 0.0800. The van der Waals surface area contributed by atoms with Crippen molar-refractivity contribution >= 4 is 11.8 Å². The quantitative estimate of drug-likeness (QED) is 0.759. The van der Waals surface area contributed by atoms with Gasteiger partial charge in [0.05, 0.1) is 0 Å². The lowest BCUT2D eigenvalue weighted by atomic mass is 9.86. The molecule has 2 nitrogen and oxygen atoms in total. The van der Waals surface area contributed by atoms with E-state index >= 15 is 0 Å². The summed E-state index contributed by atoms with van der Waals surface area (Å²) in [6.45, 7) is 11.9. The Kier molecular flexibility index (Phi) is 3.87. The lowest BCUT2D eigenvalue weighted by Crippen LogP contribution is -2.59. The summed E-state index contributed by atoms with van der Waals surface area (Å²) < 4.78 is 0. The first-order chi connectivity index (χ1) is 7.48. The molecule has 0 bridgehead atoms. The highest BCUT2D eigenvalue weighted by molar-refractivity contribution is 7.99. The molecule has 1 N–H and O–H groups in total. The molecule has 0 aliphatic carbocycles. The maximum Gasteiger partial charge on any atom is 0.0196 e. The maximum atomic E-state index is 3.57. The largest absolute Gasteiger partial charge is 0.311 e. The molecular weight excluding hydrogens is 216 g/mol. The van der Waals surface area contributed by atoms with Crippen LogP contribution in [0.1, 0.15) is 34.1 Å². The number of rotatable bonds is 1. The van der Waals surface area contributed by atoms with Crippen molar-refractivity contribution in [1.29, 1.82) is 0 Å². The number of hydrogen-bond acceptors (Lipinski definition) is 3. The molecule has 0 radical (unpaired) electrons. The van der Waals surface area contributed by atoms with Crippen LogP contribution in [0.5, 0.6) is 0 Å². The van der Waals surface area contributed by atoms with Crippen LogP contribution < -0.4 is 5.32 Å². The monoisotopic (exact) mass is 242 g/mol. The SMILES string of the molecule is CC1CN(C2CSCC(C)(C)C2)C(C)CN1. The number of thioether (sulfide) groups is 1. The summed E-state index contributed by atoms with van der Waals surface area (Å²) in [5, 5.41) is 3.57. The van der Waals surface area contributed by atoms with Crippen molar-refractivity contribution in [2.45, 2.75) is 52.2 Å². The highest BCUT2D eigenvalue weighted by Crippen LogP contribution is 2.36. The van der Waals surface area contributed by atoms with Crippen LogP contribution in [0, 0.1) is 5.41 Å². The molecule has 0 saturated carbocycles. The second-order valence-corrected chi connectivity index (χ2v) is 7.42. The number of nitrogens with one attached hydrogen (secondary N) is 1. The smallest absolute Gasteiger partial charge is 0.0196 e. The van der Waals surface area contributed by atoms with Crippen LogP contribution in [0.4, 0.5) is 0 Å². The van der Waals surface area contributed by atoms with Crippen LogP contribution in [0.2, 0.25) is 0 Å². The molecule has 3 atom stereocenters. The number of hydrogen-bond donors (Lipinski definition) is 1. The van der Waals surface area contributed by atoms with Crippen molar-refractivity contribution in [1.82, 2.24) is 10.2 Å². The van der Waals surface area contributed by atoms with E-state index in [1.54, 1.807) is 0 Å². The van der Waals surface area contributed by atoms with Gasteiger partial charge in [-0.15, -0.1) is 0 Å². The minimum atomic E-state index is 0.529. The number of piperazine rings is 1. The standard InChI is InChI=1S/C13H26N2S/c1-10-7-15(11(2)6-14-10)12-5-13(3,4)9-16-8-12/h10-12,14H,5-9H2,1-4H3. The second kappa shape index (κ2) is 4.87. The zero-order chi connectivity index (χ0) is 11.8. The third-order valence-corrected chi connectivity index (χ3v) is 5.48. The molecule has 3 heteroatoms. The van der Waals surface area contributed by atoms with Crippen molar-refractivity contribution in [2.24, 2.45) is 5.41 Å². The van der Waals surface area contributed by atoms with Gasteiger partial charge in [-0.05, 0) is 31.4 Å². The summed E-state index contributed by atoms with van der Waals surface area (Å²) in [6.07, 6.45) is 1.37. The molecule has 16 heavy (non-hydrogen) atoms. The van der Waals surface area contributed by atoms with E-state index in [0.29, 0.717) is 17.5 Å². The maximum absolute atomic E-state index is 3.57. The van der Waals surface area contributed by atoms with Gasteiger partial charge >= 0.3 is 0 Å². The zero-order valence-corrected chi connectivity index (χ0v) is 11.9. The summed E-state index contributed by atoms with van der Waals surface area (Å²) in [5.74, 6) is 2.67. The van der Waals surface area contributed by atoms with E-state index in [-0.39, 0.29) is 0 Å². The van der Waals surface area contributed by atoms with Crippen molar-refractivity contribution in [3.8, 4) is 0 Å². The summed E-state index contributed by atoms with van der Waals surface area (Å²) in [5.41, 5.74) is 0.529. The summed E-state index contributed by atoms with van der Waals surface area (Å²) in [6, 6.07) is 2.16. The molecule has 94 valence electrons. The first-order valence-electron chi connectivity index (χ1n) is 6.55. The zero-order valence-electron chi connectivity index (χ0n) is 11.1. The van der Waals surface area contributed by atoms with Crippen molar-refractivity contribution < 1.29 is 0 Å². The minimum Gasteiger partial charge on any atom is -0.311 e. The predicted molar refractivity (Wildman–Crippen MR) is 73.1 cm³/mol. The first kappa shape index (κ1) is 12.7. The van der Waals surface area contributed by atoms with Gasteiger partial charge < -0.3 is 5.32 Å². The van der Waals surface area contributed by atoms with Crippen LogP contribution in [-0.2, 0) is 0 Å². The van der Waals surface area contributed by atoms with E-state index < -0.39 is 0 Å². The molecule has 2 aliphatic rings. The Labute approximate surface area is 105 Å². The van der Waals surface area contributed by atoms with Crippen molar-refractivity contribution in [3.63, 3.8) is 0 Å². The van der Waals surface area contributed by atoms with Gasteiger partial charge in [0, 0.05) is 37.0 Å². The lowest BCUT2D eigenvalue weighted by Gasteiger charge is -2.47. The van der Waals surface area contributed by atoms with Gasteiger partial charge in [-0.2, -0.15) is 11.8 Å². The van der Waals surface area contributed by atoms with E-state index in [1.165, 1.54) is 24.5 Å². The normalized spacial score (nSPS) is 40.9. The fourth-order valence-corrected chi connectivity index (χ4v) is 4.37. The molecule has 0 aromatic carbocycles. The molecule has 2 rings (SSSR count). The summed E-state index contributed by atoms with van der Waals surface area (Å²) in [4.78, 5) is 2.75. The van der Waals surface area contributed by atoms with Crippen LogP contribution in [-0.4, -0.2) is 47.6 Å². The summed E-state index contributed by atoms with van der Waals surface area (Å²) >= 11 is 2.14. The molecule has 0 amide bonds. The van der Waals surface area contributed by atoms with Crippen molar-refractivity contribution in [3.05, 3.63) is 0 Å². The third-order valence-electron chi connectivity index (χ3n) is 3.87. The predicted octanol–water partition coefficient (Wildman–Crippen LogP) is 2.20. The van der Waals surface area contributed by atoms with Crippen LogP contribution in [0.3, 0.4) is 0 Å². The van der Waals surface area contributed by atoms with Gasteiger partial charge in [-0.3, -0.25) is 4.90 Å². The molecule has 2 heterocycles. The molecular formula is C13H26N2S. The van der Waals surface area contributed by atoms with E-state index in [9.17, 15) is 0 Å². The van der Waals surface area contributed by atoms with Crippen LogP contribution >= 0.6 is 11.8 Å². The fraction of sp³-hybridized carbons (Fsp3) is 1.00. The number of nitrogens with zero attached hydrogens (tertiary/aromatic N) is 1. The van der Waals surface area contributed by atoms with E-state index in [4.69, 9.17) is 0 Å². The molecule has 2 fully saturated rings. The minimum absolute atomic E-state index is 0.529. The Bertz CT molecular complexity index is 242. The Hall–Kier alpha value is 0.270. The highest BCUT2D eigenvalue weighted by atomic mass is 32.2.